The van der Waals surface area contributed by atoms with Gasteiger partial charge in [0, 0.05) is 57.0 Å². The zero-order chi connectivity index (χ0) is 29.0. The summed E-state index contributed by atoms with van der Waals surface area (Å²) >= 11 is 3.61. The minimum absolute atomic E-state index is 0.672. The Labute approximate surface area is 261 Å². The van der Waals surface area contributed by atoms with Gasteiger partial charge in [0.05, 0.1) is 0 Å². The molecule has 0 atom stereocenters. The highest BCUT2D eigenvalue weighted by atomic mass is 32.1. The fourth-order valence-electron chi connectivity index (χ4n) is 5.99. The van der Waals surface area contributed by atoms with E-state index >= 15 is 0 Å². The highest BCUT2D eigenvalue weighted by Gasteiger charge is 2.17. The van der Waals surface area contributed by atoms with Crippen molar-refractivity contribution in [1.29, 1.82) is 0 Å². The van der Waals surface area contributed by atoms with Crippen molar-refractivity contribution in [2.45, 2.75) is 0 Å². The van der Waals surface area contributed by atoms with Crippen molar-refractivity contribution in [2.24, 2.45) is 0 Å². The molecular weight excluding hydrogens is 575 g/mol. The molecule has 0 unspecified atom stereocenters. The number of hydrogen-bond donors (Lipinski definition) is 0. The summed E-state index contributed by atoms with van der Waals surface area (Å²) in [6, 6.07) is 49.1. The van der Waals surface area contributed by atoms with Crippen LogP contribution < -0.4 is 0 Å². The molecule has 3 nitrogen and oxygen atoms in total. The lowest BCUT2D eigenvalue weighted by Gasteiger charge is -2.09. The Hall–Kier alpha value is -5.23. The van der Waals surface area contributed by atoms with Crippen LogP contribution in [0.15, 0.2) is 140 Å². The first-order valence-electron chi connectivity index (χ1n) is 14.5. The molecule has 0 spiro atoms. The van der Waals surface area contributed by atoms with E-state index in [0.29, 0.717) is 17.5 Å². The number of fused-ring (bicyclic) bond motifs is 6. The number of aromatic nitrogens is 3. The van der Waals surface area contributed by atoms with Crippen molar-refractivity contribution in [3.63, 3.8) is 0 Å². The fourth-order valence-corrected chi connectivity index (χ4v) is 8.27. The van der Waals surface area contributed by atoms with Gasteiger partial charge in [-0.3, -0.25) is 0 Å². The van der Waals surface area contributed by atoms with Gasteiger partial charge in [0.1, 0.15) is 0 Å². The van der Waals surface area contributed by atoms with Crippen molar-refractivity contribution in [1.82, 2.24) is 15.0 Å². The van der Waals surface area contributed by atoms with E-state index in [0.717, 1.165) is 16.7 Å². The Kier molecular flexibility index (Phi) is 5.86. The molecule has 9 aromatic rings. The van der Waals surface area contributed by atoms with Crippen molar-refractivity contribution in [3.05, 3.63) is 140 Å². The van der Waals surface area contributed by atoms with Gasteiger partial charge in [-0.25, -0.2) is 15.0 Å². The van der Waals surface area contributed by atoms with Crippen LogP contribution in [0, 0.1) is 0 Å². The largest absolute Gasteiger partial charge is 0.208 e. The molecule has 6 aromatic carbocycles. The molecule has 0 amide bonds. The Morgan fingerprint density at radius 2 is 0.909 bits per heavy atom. The molecule has 206 valence electrons. The van der Waals surface area contributed by atoms with Crippen LogP contribution in [0.25, 0.3) is 85.6 Å². The van der Waals surface area contributed by atoms with E-state index in [9.17, 15) is 0 Å². The van der Waals surface area contributed by atoms with Crippen LogP contribution in [0.2, 0.25) is 0 Å². The Bertz CT molecular complexity index is 2500. The van der Waals surface area contributed by atoms with E-state index in [1.54, 1.807) is 11.3 Å². The number of nitrogens with zero attached hydrogens (tertiary/aromatic N) is 3. The molecule has 0 aliphatic carbocycles. The smallest absolute Gasteiger partial charge is 0.165 e. The second-order valence-electron chi connectivity index (χ2n) is 10.8. The van der Waals surface area contributed by atoms with Gasteiger partial charge in [-0.05, 0) is 53.6 Å². The summed E-state index contributed by atoms with van der Waals surface area (Å²) < 4.78 is 4.98. The lowest BCUT2D eigenvalue weighted by molar-refractivity contribution is 1.08. The Morgan fingerprint density at radius 3 is 1.68 bits per heavy atom. The third-order valence-corrected chi connectivity index (χ3v) is 10.5. The van der Waals surface area contributed by atoms with Crippen LogP contribution >= 0.6 is 22.7 Å². The maximum absolute atomic E-state index is 5.14. The zero-order valence-corrected chi connectivity index (χ0v) is 25.1. The standard InChI is InChI=1S/C39H23N3S2/c1-3-10-24(11-4-1)26-18-20-34-31(22-26)32-23-27(19-21-35(32)43-34)38-40-37(25-12-5-2-6-13-25)41-39(42-38)30-16-9-15-29-28-14-7-8-17-33(28)44-36(29)30/h1-23H. The molecule has 0 fully saturated rings. The van der Waals surface area contributed by atoms with Gasteiger partial charge in [-0.1, -0.05) is 97.1 Å². The molecule has 9 rings (SSSR count). The second-order valence-corrected chi connectivity index (χ2v) is 13.0. The summed E-state index contributed by atoms with van der Waals surface area (Å²) in [5.74, 6) is 2.03. The first-order valence-corrected chi connectivity index (χ1v) is 16.2. The first kappa shape index (κ1) is 25.3. The number of benzene rings is 6. The van der Waals surface area contributed by atoms with Gasteiger partial charge in [0.25, 0.3) is 0 Å². The van der Waals surface area contributed by atoms with Gasteiger partial charge >= 0.3 is 0 Å². The van der Waals surface area contributed by atoms with E-state index in [1.165, 1.54) is 51.5 Å². The zero-order valence-electron chi connectivity index (χ0n) is 23.4. The molecule has 0 aliphatic heterocycles. The van der Waals surface area contributed by atoms with Crippen LogP contribution in [-0.4, -0.2) is 15.0 Å². The quantitative estimate of drug-likeness (QED) is 0.203. The molecule has 44 heavy (non-hydrogen) atoms. The van der Waals surface area contributed by atoms with Crippen LogP contribution in [0.1, 0.15) is 0 Å². The van der Waals surface area contributed by atoms with Crippen molar-refractivity contribution in [2.75, 3.05) is 0 Å². The lowest BCUT2D eigenvalue weighted by Crippen LogP contribution is -2.00. The summed E-state index contributed by atoms with van der Waals surface area (Å²) in [4.78, 5) is 15.2. The normalized spacial score (nSPS) is 11.6. The molecule has 5 heteroatoms. The van der Waals surface area contributed by atoms with Crippen LogP contribution in [0.3, 0.4) is 0 Å². The number of thiophene rings is 2. The van der Waals surface area contributed by atoms with Crippen LogP contribution in [0.4, 0.5) is 0 Å². The number of hydrogen-bond acceptors (Lipinski definition) is 5. The molecule has 3 heterocycles. The highest BCUT2D eigenvalue weighted by Crippen LogP contribution is 2.41. The van der Waals surface area contributed by atoms with Gasteiger partial charge in [0.15, 0.2) is 17.5 Å². The van der Waals surface area contributed by atoms with E-state index in [-0.39, 0.29) is 0 Å². The Balaban J connectivity index is 1.26. The Morgan fingerprint density at radius 1 is 0.341 bits per heavy atom. The maximum Gasteiger partial charge on any atom is 0.165 e. The molecule has 0 aliphatic rings. The molecule has 0 bridgehead atoms. The van der Waals surface area contributed by atoms with E-state index in [1.807, 2.05) is 29.5 Å². The predicted molar refractivity (Wildman–Crippen MR) is 187 cm³/mol. The average Bonchev–Trinajstić information content (AvgIpc) is 3.66. The first-order chi connectivity index (χ1) is 21.8. The van der Waals surface area contributed by atoms with Gasteiger partial charge in [-0.2, -0.15) is 0 Å². The van der Waals surface area contributed by atoms with E-state index < -0.39 is 0 Å². The molecule has 0 saturated carbocycles. The third kappa shape index (κ3) is 4.21. The van der Waals surface area contributed by atoms with E-state index in [4.69, 9.17) is 15.0 Å². The van der Waals surface area contributed by atoms with Crippen molar-refractivity contribution in [3.8, 4) is 45.3 Å². The molecule has 0 saturated heterocycles. The minimum Gasteiger partial charge on any atom is -0.208 e. The van der Waals surface area contributed by atoms with Crippen molar-refractivity contribution >= 4 is 63.0 Å². The van der Waals surface area contributed by atoms with Crippen LogP contribution in [0.5, 0.6) is 0 Å². The van der Waals surface area contributed by atoms with Crippen LogP contribution in [-0.2, 0) is 0 Å². The highest BCUT2D eigenvalue weighted by molar-refractivity contribution is 7.26. The summed E-state index contributed by atoms with van der Waals surface area (Å²) in [7, 11) is 0. The third-order valence-electron chi connectivity index (χ3n) is 8.15. The van der Waals surface area contributed by atoms with Gasteiger partial charge < -0.3 is 0 Å². The average molecular weight is 598 g/mol. The summed E-state index contributed by atoms with van der Waals surface area (Å²) in [5.41, 5.74) is 5.41. The molecule has 3 aromatic heterocycles. The molecule has 0 radical (unpaired) electrons. The molecular formula is C39H23N3S2. The monoisotopic (exact) mass is 597 g/mol. The van der Waals surface area contributed by atoms with Crippen molar-refractivity contribution < 1.29 is 0 Å². The summed E-state index contributed by atoms with van der Waals surface area (Å²) in [6.07, 6.45) is 0. The fraction of sp³-hybridized carbons (Fsp3) is 0. The summed E-state index contributed by atoms with van der Waals surface area (Å²) in [5, 5.41) is 4.96. The van der Waals surface area contributed by atoms with Gasteiger partial charge in [0.2, 0.25) is 0 Å². The molecule has 0 N–H and O–H groups in total. The topological polar surface area (TPSA) is 38.7 Å². The number of rotatable bonds is 4. The minimum atomic E-state index is 0.672. The van der Waals surface area contributed by atoms with Gasteiger partial charge in [-0.15, -0.1) is 22.7 Å². The second kappa shape index (κ2) is 10.2. The maximum atomic E-state index is 5.14. The van der Waals surface area contributed by atoms with E-state index in [2.05, 4.69) is 121 Å². The lowest BCUT2D eigenvalue weighted by atomic mass is 10.0. The summed E-state index contributed by atoms with van der Waals surface area (Å²) in [6.45, 7) is 0. The SMILES string of the molecule is c1ccc(-c2ccc3sc4ccc(-c5nc(-c6ccccc6)nc(-c6cccc7c6sc6ccccc67)n5)cc4c3c2)cc1. The predicted octanol–water partition coefficient (Wildman–Crippen LogP) is 11.3.